The van der Waals surface area contributed by atoms with E-state index in [0.717, 1.165) is 27.4 Å². The Bertz CT molecular complexity index is 843. The van der Waals surface area contributed by atoms with Crippen LogP contribution in [0.1, 0.15) is 5.56 Å². The van der Waals surface area contributed by atoms with E-state index in [0.29, 0.717) is 6.61 Å². The van der Waals surface area contributed by atoms with Gasteiger partial charge in [0.15, 0.2) is 0 Å². The Morgan fingerprint density at radius 3 is 3.00 bits per heavy atom. The summed E-state index contributed by atoms with van der Waals surface area (Å²) < 4.78 is 5.56. The van der Waals surface area contributed by atoms with Gasteiger partial charge in [0.25, 0.3) is 0 Å². The fourth-order valence-electron chi connectivity index (χ4n) is 2.73. The number of fused-ring (bicyclic) bond motifs is 4. The fourth-order valence-corrected chi connectivity index (χ4v) is 2.73. The van der Waals surface area contributed by atoms with Crippen molar-refractivity contribution >= 4 is 23.8 Å². The molecule has 3 aliphatic rings. The summed E-state index contributed by atoms with van der Waals surface area (Å²) >= 11 is 0. The third-order valence-electron chi connectivity index (χ3n) is 3.66. The molecule has 0 aromatic heterocycles. The van der Waals surface area contributed by atoms with Gasteiger partial charge in [0, 0.05) is 22.8 Å². The SMILES string of the molecule is O=C(O)C1=CN2C=Cc3ccc4c(c3=C2C=C1)=CCO4. The molecule has 0 atom stereocenters. The quantitative estimate of drug-likeness (QED) is 0.815. The van der Waals surface area contributed by atoms with Gasteiger partial charge >= 0.3 is 5.97 Å². The molecule has 0 spiro atoms. The summed E-state index contributed by atoms with van der Waals surface area (Å²) in [5, 5.41) is 11.3. The summed E-state index contributed by atoms with van der Waals surface area (Å²) in [6.45, 7) is 0.586. The van der Waals surface area contributed by atoms with E-state index in [1.165, 1.54) is 0 Å². The van der Waals surface area contributed by atoms with Crippen LogP contribution in [0.15, 0.2) is 42.3 Å². The van der Waals surface area contributed by atoms with Gasteiger partial charge in [-0.2, -0.15) is 0 Å². The third kappa shape index (κ3) is 1.45. The van der Waals surface area contributed by atoms with Gasteiger partial charge < -0.3 is 14.7 Å². The zero-order valence-corrected chi connectivity index (χ0v) is 10.5. The summed E-state index contributed by atoms with van der Waals surface area (Å²) in [6, 6.07) is 4.00. The first kappa shape index (κ1) is 11.1. The first-order valence-electron chi connectivity index (χ1n) is 6.34. The summed E-state index contributed by atoms with van der Waals surface area (Å²) in [4.78, 5) is 12.9. The minimum atomic E-state index is -0.923. The van der Waals surface area contributed by atoms with Crippen molar-refractivity contribution in [1.82, 2.24) is 4.90 Å². The van der Waals surface area contributed by atoms with Crippen LogP contribution in [-0.4, -0.2) is 22.6 Å². The van der Waals surface area contributed by atoms with Gasteiger partial charge in [0.05, 0.1) is 11.3 Å². The molecule has 3 heterocycles. The molecule has 0 aliphatic carbocycles. The molecule has 1 aromatic rings. The number of benzene rings is 1. The van der Waals surface area contributed by atoms with Gasteiger partial charge in [-0.1, -0.05) is 6.07 Å². The van der Waals surface area contributed by atoms with Crippen LogP contribution >= 0.6 is 0 Å². The number of carboxylic acid groups (broad SMARTS) is 1. The second-order valence-electron chi connectivity index (χ2n) is 4.79. The average Bonchev–Trinajstić information content (AvgIpc) is 2.94. The van der Waals surface area contributed by atoms with Crippen molar-refractivity contribution < 1.29 is 14.6 Å². The highest BCUT2D eigenvalue weighted by molar-refractivity contribution is 5.92. The summed E-state index contributed by atoms with van der Waals surface area (Å²) in [5.74, 6) is -0.0411. The Kier molecular flexibility index (Phi) is 2.15. The van der Waals surface area contributed by atoms with Crippen LogP contribution in [0.3, 0.4) is 0 Å². The van der Waals surface area contributed by atoms with Crippen LogP contribution in [-0.2, 0) is 4.79 Å². The second kappa shape index (κ2) is 3.87. The van der Waals surface area contributed by atoms with Gasteiger partial charge in [-0.05, 0) is 35.9 Å². The monoisotopic (exact) mass is 265 g/mol. The summed E-state index contributed by atoms with van der Waals surface area (Å²) in [5.41, 5.74) is 2.37. The third-order valence-corrected chi connectivity index (χ3v) is 3.66. The maximum atomic E-state index is 11.1. The summed E-state index contributed by atoms with van der Waals surface area (Å²) in [7, 11) is 0. The van der Waals surface area contributed by atoms with Crippen LogP contribution < -0.4 is 15.2 Å². The highest BCUT2D eigenvalue weighted by atomic mass is 16.5. The van der Waals surface area contributed by atoms with Gasteiger partial charge in [0.1, 0.15) is 12.4 Å². The minimum Gasteiger partial charge on any atom is -0.489 e. The molecule has 0 unspecified atom stereocenters. The van der Waals surface area contributed by atoms with Crippen LogP contribution in [0.5, 0.6) is 5.75 Å². The molecule has 0 bridgehead atoms. The molecule has 1 N–H and O–H groups in total. The van der Waals surface area contributed by atoms with Crippen molar-refractivity contribution in [2.75, 3.05) is 6.61 Å². The molecule has 0 saturated heterocycles. The molecule has 20 heavy (non-hydrogen) atoms. The highest BCUT2D eigenvalue weighted by Gasteiger charge is 2.19. The van der Waals surface area contributed by atoms with E-state index < -0.39 is 5.97 Å². The number of hydrogen-bond donors (Lipinski definition) is 1. The Morgan fingerprint density at radius 2 is 2.15 bits per heavy atom. The maximum Gasteiger partial charge on any atom is 0.337 e. The van der Waals surface area contributed by atoms with Crippen molar-refractivity contribution in [3.05, 3.63) is 58.3 Å². The highest BCUT2D eigenvalue weighted by Crippen LogP contribution is 2.22. The van der Waals surface area contributed by atoms with E-state index in [4.69, 9.17) is 9.84 Å². The van der Waals surface area contributed by atoms with Crippen molar-refractivity contribution in [1.29, 1.82) is 0 Å². The fraction of sp³-hybridized carbons (Fsp3) is 0.0625. The van der Waals surface area contributed by atoms with Crippen LogP contribution in [0, 0.1) is 0 Å². The molecule has 0 fully saturated rings. The van der Waals surface area contributed by atoms with Gasteiger partial charge in [-0.25, -0.2) is 4.79 Å². The van der Waals surface area contributed by atoms with Crippen molar-refractivity contribution in [3.8, 4) is 5.75 Å². The van der Waals surface area contributed by atoms with E-state index in [-0.39, 0.29) is 5.57 Å². The van der Waals surface area contributed by atoms with Crippen molar-refractivity contribution in [2.24, 2.45) is 0 Å². The van der Waals surface area contributed by atoms with Crippen molar-refractivity contribution in [2.45, 2.75) is 0 Å². The zero-order chi connectivity index (χ0) is 13.7. The Morgan fingerprint density at radius 1 is 1.25 bits per heavy atom. The summed E-state index contributed by atoms with van der Waals surface area (Å²) in [6.07, 6.45) is 11.0. The normalized spacial score (nSPS) is 17.7. The first-order chi connectivity index (χ1) is 9.74. The van der Waals surface area contributed by atoms with Crippen molar-refractivity contribution in [3.63, 3.8) is 0 Å². The maximum absolute atomic E-state index is 11.1. The smallest absolute Gasteiger partial charge is 0.337 e. The second-order valence-corrected chi connectivity index (χ2v) is 4.79. The van der Waals surface area contributed by atoms with Gasteiger partial charge in [0.2, 0.25) is 0 Å². The number of hydrogen-bond acceptors (Lipinski definition) is 3. The van der Waals surface area contributed by atoms with E-state index in [2.05, 4.69) is 6.08 Å². The Labute approximate surface area is 114 Å². The number of aliphatic carboxylic acids is 1. The number of ether oxygens (including phenoxy) is 1. The lowest BCUT2D eigenvalue weighted by Gasteiger charge is -2.25. The molecule has 3 aliphatic heterocycles. The van der Waals surface area contributed by atoms with E-state index >= 15 is 0 Å². The molecule has 0 saturated carbocycles. The molecule has 98 valence electrons. The number of carbonyl (C=O) groups is 1. The standard InChI is InChI=1S/C16H11NO3/c18-16(19)11-1-3-13-15-10(5-7-17(13)9-11)2-4-14-12(15)6-8-20-14/h1-7,9H,8H2,(H,18,19). The average molecular weight is 265 g/mol. The molecule has 1 aromatic carbocycles. The largest absolute Gasteiger partial charge is 0.489 e. The van der Waals surface area contributed by atoms with Crippen LogP contribution in [0.4, 0.5) is 0 Å². The van der Waals surface area contributed by atoms with E-state index in [9.17, 15) is 4.79 Å². The predicted molar refractivity (Wildman–Crippen MR) is 74.8 cm³/mol. The first-order valence-corrected chi connectivity index (χ1v) is 6.34. The molecule has 0 radical (unpaired) electrons. The lowest BCUT2D eigenvalue weighted by atomic mass is 10.0. The molecule has 0 amide bonds. The minimum absolute atomic E-state index is 0.273. The lowest BCUT2D eigenvalue weighted by Crippen LogP contribution is -2.35. The zero-order valence-electron chi connectivity index (χ0n) is 10.5. The predicted octanol–water partition coefficient (Wildman–Crippen LogP) is 0.792. The van der Waals surface area contributed by atoms with E-state index in [1.807, 2.05) is 35.4 Å². The van der Waals surface area contributed by atoms with Crippen LogP contribution in [0.25, 0.3) is 17.8 Å². The van der Waals surface area contributed by atoms with E-state index in [1.54, 1.807) is 12.3 Å². The molecular weight excluding hydrogens is 254 g/mol. The number of rotatable bonds is 1. The molecule has 4 nitrogen and oxygen atoms in total. The van der Waals surface area contributed by atoms with Gasteiger partial charge in [-0.3, -0.25) is 0 Å². The lowest BCUT2D eigenvalue weighted by molar-refractivity contribution is -0.132. The number of nitrogens with zero attached hydrogens (tertiary/aromatic N) is 1. The molecular formula is C16H11NO3. The molecule has 4 heteroatoms. The van der Waals surface area contributed by atoms with Gasteiger partial charge in [-0.15, -0.1) is 0 Å². The Hall–Kier alpha value is -2.75. The topological polar surface area (TPSA) is 49.8 Å². The Balaban J connectivity index is 2.03. The number of carboxylic acids is 1. The van der Waals surface area contributed by atoms with Crippen LogP contribution in [0.2, 0.25) is 0 Å². The molecule has 4 rings (SSSR count).